The Bertz CT molecular complexity index is 352. The van der Waals surface area contributed by atoms with Crippen LogP contribution >= 0.6 is 22.9 Å². The van der Waals surface area contributed by atoms with Crippen LogP contribution in [0.2, 0.25) is 4.47 Å². The fraction of sp³-hybridized carbons (Fsp3) is 0.429. The van der Waals surface area contributed by atoms with Crippen molar-refractivity contribution in [3.63, 3.8) is 0 Å². The van der Waals surface area contributed by atoms with E-state index in [-0.39, 0.29) is 0 Å². The van der Waals surface area contributed by atoms with E-state index in [1.54, 1.807) is 0 Å². The molecule has 0 saturated carbocycles. The van der Waals surface area contributed by atoms with Gasteiger partial charge in [0.15, 0.2) is 4.47 Å². The van der Waals surface area contributed by atoms with Gasteiger partial charge in [-0.05, 0) is 0 Å². The van der Waals surface area contributed by atoms with Gasteiger partial charge in [0.1, 0.15) is 0 Å². The standard InChI is InChI=1S/C7H7ClN2O2S/c8-6-9-4-1-2-10(7(11)12)3-5(4)13-6/h1-3H2,(H,11,12). The van der Waals surface area contributed by atoms with E-state index in [0.717, 1.165) is 10.6 Å². The number of carbonyl (C=O) groups is 1. The summed E-state index contributed by atoms with van der Waals surface area (Å²) in [6, 6.07) is 0. The predicted molar refractivity (Wildman–Crippen MR) is 49.3 cm³/mol. The van der Waals surface area contributed by atoms with Crippen molar-refractivity contribution in [1.29, 1.82) is 0 Å². The number of aromatic nitrogens is 1. The van der Waals surface area contributed by atoms with E-state index in [1.807, 2.05) is 0 Å². The maximum Gasteiger partial charge on any atom is 0.407 e. The van der Waals surface area contributed by atoms with Gasteiger partial charge in [0.05, 0.1) is 12.2 Å². The topological polar surface area (TPSA) is 53.4 Å². The summed E-state index contributed by atoms with van der Waals surface area (Å²) in [7, 11) is 0. The zero-order chi connectivity index (χ0) is 9.42. The van der Waals surface area contributed by atoms with E-state index >= 15 is 0 Å². The summed E-state index contributed by atoms with van der Waals surface area (Å²) in [6.45, 7) is 0.942. The molecular formula is C7H7ClN2O2S. The van der Waals surface area contributed by atoms with Crippen molar-refractivity contribution >= 4 is 29.0 Å². The highest BCUT2D eigenvalue weighted by Crippen LogP contribution is 2.27. The number of rotatable bonds is 0. The number of hydrogen-bond donors (Lipinski definition) is 1. The van der Waals surface area contributed by atoms with Crippen LogP contribution in [0.5, 0.6) is 0 Å². The summed E-state index contributed by atoms with van der Waals surface area (Å²) >= 11 is 7.08. The third-order valence-electron chi connectivity index (χ3n) is 1.98. The van der Waals surface area contributed by atoms with Gasteiger partial charge < -0.3 is 10.0 Å². The molecule has 0 aromatic carbocycles. The van der Waals surface area contributed by atoms with Gasteiger partial charge in [0, 0.05) is 17.8 Å². The molecule has 70 valence electrons. The quantitative estimate of drug-likeness (QED) is 0.723. The molecule has 1 aliphatic rings. The molecule has 0 unspecified atom stereocenters. The Morgan fingerprint density at radius 3 is 3.15 bits per heavy atom. The Morgan fingerprint density at radius 1 is 1.69 bits per heavy atom. The smallest absolute Gasteiger partial charge is 0.407 e. The first kappa shape index (κ1) is 8.77. The Labute approximate surface area is 83.8 Å². The van der Waals surface area contributed by atoms with Gasteiger partial charge >= 0.3 is 6.09 Å². The zero-order valence-corrected chi connectivity index (χ0v) is 8.23. The van der Waals surface area contributed by atoms with E-state index < -0.39 is 6.09 Å². The van der Waals surface area contributed by atoms with Crippen LogP contribution in [-0.4, -0.2) is 27.6 Å². The number of halogens is 1. The molecule has 2 heterocycles. The van der Waals surface area contributed by atoms with Crippen molar-refractivity contribution < 1.29 is 9.90 Å². The summed E-state index contributed by atoms with van der Waals surface area (Å²) in [4.78, 5) is 17.1. The lowest BCUT2D eigenvalue weighted by molar-refractivity contribution is 0.140. The van der Waals surface area contributed by atoms with E-state index in [4.69, 9.17) is 16.7 Å². The van der Waals surface area contributed by atoms with Crippen LogP contribution in [0.25, 0.3) is 0 Å². The molecule has 0 radical (unpaired) electrons. The van der Waals surface area contributed by atoms with Crippen LogP contribution in [0, 0.1) is 0 Å². The van der Waals surface area contributed by atoms with Crippen molar-refractivity contribution in [2.75, 3.05) is 6.54 Å². The first-order chi connectivity index (χ1) is 6.16. The molecule has 6 heteroatoms. The van der Waals surface area contributed by atoms with Crippen molar-refractivity contribution in [2.45, 2.75) is 13.0 Å². The molecule has 0 atom stereocenters. The number of amides is 1. The number of nitrogens with zero attached hydrogens (tertiary/aromatic N) is 2. The van der Waals surface area contributed by atoms with Gasteiger partial charge in [-0.3, -0.25) is 0 Å². The molecule has 2 rings (SSSR count). The van der Waals surface area contributed by atoms with Crippen LogP contribution in [0.15, 0.2) is 0 Å². The van der Waals surface area contributed by atoms with Crippen molar-refractivity contribution in [1.82, 2.24) is 9.88 Å². The average Bonchev–Trinajstić information content (AvgIpc) is 2.42. The fourth-order valence-electron chi connectivity index (χ4n) is 1.33. The largest absolute Gasteiger partial charge is 0.465 e. The summed E-state index contributed by atoms with van der Waals surface area (Å²) in [5, 5.41) is 8.75. The maximum absolute atomic E-state index is 10.6. The van der Waals surface area contributed by atoms with Gasteiger partial charge in [0.2, 0.25) is 0 Å². The van der Waals surface area contributed by atoms with Gasteiger partial charge in [0.25, 0.3) is 0 Å². The normalized spacial score (nSPS) is 15.6. The molecule has 1 N–H and O–H groups in total. The van der Waals surface area contributed by atoms with Gasteiger partial charge in [-0.25, -0.2) is 9.78 Å². The Balaban J connectivity index is 2.24. The van der Waals surface area contributed by atoms with Crippen molar-refractivity contribution in [3.8, 4) is 0 Å². The highest BCUT2D eigenvalue weighted by Gasteiger charge is 2.22. The minimum atomic E-state index is -0.879. The second kappa shape index (κ2) is 3.16. The Morgan fingerprint density at radius 2 is 2.46 bits per heavy atom. The number of fused-ring (bicyclic) bond motifs is 1. The van der Waals surface area contributed by atoms with E-state index in [2.05, 4.69) is 4.98 Å². The van der Waals surface area contributed by atoms with Gasteiger partial charge in [-0.15, -0.1) is 11.3 Å². The maximum atomic E-state index is 10.6. The molecule has 13 heavy (non-hydrogen) atoms. The molecule has 0 saturated heterocycles. The lowest BCUT2D eigenvalue weighted by atomic mass is 10.2. The van der Waals surface area contributed by atoms with Gasteiger partial charge in [-0.2, -0.15) is 0 Å². The second-order valence-electron chi connectivity index (χ2n) is 2.79. The number of carboxylic acid groups (broad SMARTS) is 1. The fourth-order valence-corrected chi connectivity index (χ4v) is 2.55. The van der Waals surface area contributed by atoms with Crippen molar-refractivity contribution in [2.24, 2.45) is 0 Å². The highest BCUT2D eigenvalue weighted by molar-refractivity contribution is 7.15. The summed E-state index contributed by atoms with van der Waals surface area (Å²) in [5.74, 6) is 0. The minimum absolute atomic E-state index is 0.426. The predicted octanol–water partition coefficient (Wildman–Crippen LogP) is 1.83. The minimum Gasteiger partial charge on any atom is -0.465 e. The lowest BCUT2D eigenvalue weighted by Gasteiger charge is -2.22. The summed E-state index contributed by atoms with van der Waals surface area (Å²) in [5.41, 5.74) is 0.951. The Hall–Kier alpha value is -0.810. The molecular weight excluding hydrogens is 212 g/mol. The zero-order valence-electron chi connectivity index (χ0n) is 6.66. The van der Waals surface area contributed by atoms with E-state index in [9.17, 15) is 4.79 Å². The highest BCUT2D eigenvalue weighted by atomic mass is 35.5. The molecule has 0 spiro atoms. The van der Waals surface area contributed by atoms with Gasteiger partial charge in [-0.1, -0.05) is 11.6 Å². The lowest BCUT2D eigenvalue weighted by Crippen LogP contribution is -2.34. The SMILES string of the molecule is O=C(O)N1CCc2nc(Cl)sc2C1. The average molecular weight is 219 g/mol. The molecule has 1 aliphatic heterocycles. The third kappa shape index (κ3) is 1.62. The molecule has 0 aliphatic carbocycles. The van der Waals surface area contributed by atoms with Crippen LogP contribution in [0.4, 0.5) is 4.79 Å². The summed E-state index contributed by atoms with van der Waals surface area (Å²) < 4.78 is 0.497. The molecule has 0 bridgehead atoms. The first-order valence-corrected chi connectivity index (χ1v) is 4.98. The molecule has 4 nitrogen and oxygen atoms in total. The second-order valence-corrected chi connectivity index (χ2v) is 4.46. The number of thiazole rings is 1. The molecule has 0 fully saturated rings. The molecule has 1 aromatic rings. The van der Waals surface area contributed by atoms with Crippen molar-refractivity contribution in [3.05, 3.63) is 15.0 Å². The van der Waals surface area contributed by atoms with Crippen LogP contribution < -0.4 is 0 Å². The Kier molecular flexibility index (Phi) is 2.13. The molecule has 1 amide bonds. The van der Waals surface area contributed by atoms with E-state index in [1.165, 1.54) is 16.2 Å². The number of hydrogen-bond acceptors (Lipinski definition) is 3. The van der Waals surface area contributed by atoms with Crippen LogP contribution in [0.1, 0.15) is 10.6 Å². The van der Waals surface area contributed by atoms with Crippen LogP contribution in [-0.2, 0) is 13.0 Å². The third-order valence-corrected chi connectivity index (χ3v) is 3.16. The molecule has 1 aromatic heterocycles. The van der Waals surface area contributed by atoms with E-state index in [0.29, 0.717) is 24.0 Å². The summed E-state index contributed by atoms with van der Waals surface area (Å²) in [6.07, 6.45) is -0.208. The monoisotopic (exact) mass is 218 g/mol. The van der Waals surface area contributed by atoms with Crippen LogP contribution in [0.3, 0.4) is 0 Å². The first-order valence-electron chi connectivity index (χ1n) is 3.79.